The minimum Gasteiger partial charge on any atom is -0.351 e. The lowest BCUT2D eigenvalue weighted by Gasteiger charge is -2.15. The lowest BCUT2D eigenvalue weighted by molar-refractivity contribution is -0.123. The Morgan fingerprint density at radius 3 is 2.62 bits per heavy atom. The monoisotopic (exact) mass is 383 g/mol. The van der Waals surface area contributed by atoms with Crippen LogP contribution in [0.3, 0.4) is 0 Å². The number of rotatable bonds is 6. The van der Waals surface area contributed by atoms with E-state index in [0.29, 0.717) is 6.54 Å². The molecule has 8 heteroatoms. The van der Waals surface area contributed by atoms with Crippen molar-refractivity contribution in [3.05, 3.63) is 35.4 Å². The Balaban J connectivity index is 0.00000264. The number of carbonyl (C=O) groups is 1. The molecule has 24 heavy (non-hydrogen) atoms. The second-order valence-corrected chi connectivity index (χ2v) is 5.86. The molecule has 1 atom stereocenters. The van der Waals surface area contributed by atoms with Gasteiger partial charge in [-0.25, -0.2) is 8.78 Å². The summed E-state index contributed by atoms with van der Waals surface area (Å²) in [7, 11) is 2.04. The highest BCUT2D eigenvalue weighted by Crippen LogP contribution is 2.25. The van der Waals surface area contributed by atoms with Gasteiger partial charge >= 0.3 is 0 Å². The first kappa shape index (κ1) is 23.1. The summed E-state index contributed by atoms with van der Waals surface area (Å²) < 4.78 is 26.2. The number of hydrogen-bond acceptors (Lipinski definition) is 3. The molecule has 1 aromatic rings. The Labute approximate surface area is 154 Å². The van der Waals surface area contributed by atoms with E-state index in [0.717, 1.165) is 18.7 Å². The smallest absolute Gasteiger partial charge is 0.262 e. The molecule has 1 aromatic carbocycles. The van der Waals surface area contributed by atoms with E-state index in [1.54, 1.807) is 0 Å². The Hall–Kier alpha value is -0.950. The van der Waals surface area contributed by atoms with Crippen molar-refractivity contribution in [2.75, 3.05) is 20.1 Å². The van der Waals surface area contributed by atoms with Crippen LogP contribution in [0, 0.1) is 0 Å². The fraction of sp³-hybridized carbons (Fsp3) is 0.562. The van der Waals surface area contributed by atoms with E-state index in [1.165, 1.54) is 5.56 Å². The molecule has 0 saturated carbocycles. The second-order valence-electron chi connectivity index (χ2n) is 5.86. The van der Waals surface area contributed by atoms with E-state index in [4.69, 9.17) is 0 Å². The molecule has 1 saturated heterocycles. The molecular weight excluding hydrogens is 359 g/mol. The standard InChI is InChI=1S/C16H23F2N3O.2ClH/c1-3-21(2)10-13-6-4-5-12(7-13)9-19-15(22)14-8-16(17,18)11-20-14;;/h4-7,14,20H,3,8-11H2,1-2H3,(H,19,22);2*1H. The third kappa shape index (κ3) is 6.89. The molecule has 2 rings (SSSR count). The van der Waals surface area contributed by atoms with Gasteiger partial charge in [-0.05, 0) is 24.7 Å². The van der Waals surface area contributed by atoms with E-state index in [9.17, 15) is 13.6 Å². The molecule has 138 valence electrons. The van der Waals surface area contributed by atoms with Crippen LogP contribution in [0.15, 0.2) is 24.3 Å². The van der Waals surface area contributed by atoms with E-state index in [-0.39, 0.29) is 30.7 Å². The summed E-state index contributed by atoms with van der Waals surface area (Å²) in [5, 5.41) is 5.28. The van der Waals surface area contributed by atoms with Crippen LogP contribution < -0.4 is 10.6 Å². The number of alkyl halides is 2. The van der Waals surface area contributed by atoms with E-state index in [2.05, 4.69) is 22.5 Å². The number of halogens is 4. The molecule has 1 heterocycles. The number of carbonyl (C=O) groups excluding carboxylic acids is 1. The van der Waals surface area contributed by atoms with Crippen molar-refractivity contribution in [3.8, 4) is 0 Å². The molecule has 0 spiro atoms. The molecular formula is C16H25Cl2F2N3O. The topological polar surface area (TPSA) is 44.4 Å². The summed E-state index contributed by atoms with van der Waals surface area (Å²) in [5.41, 5.74) is 2.14. The molecule has 2 N–H and O–H groups in total. The van der Waals surface area contributed by atoms with Gasteiger partial charge in [-0.3, -0.25) is 10.1 Å². The van der Waals surface area contributed by atoms with Crippen LogP contribution in [0.2, 0.25) is 0 Å². The largest absolute Gasteiger partial charge is 0.351 e. The first-order valence-corrected chi connectivity index (χ1v) is 7.55. The fourth-order valence-electron chi connectivity index (χ4n) is 2.47. The number of nitrogens with one attached hydrogen (secondary N) is 2. The van der Waals surface area contributed by atoms with E-state index >= 15 is 0 Å². The summed E-state index contributed by atoms with van der Waals surface area (Å²) >= 11 is 0. The van der Waals surface area contributed by atoms with Crippen LogP contribution in [-0.2, 0) is 17.9 Å². The highest BCUT2D eigenvalue weighted by molar-refractivity contribution is 5.85. The quantitative estimate of drug-likeness (QED) is 0.793. The molecule has 1 aliphatic heterocycles. The van der Waals surface area contributed by atoms with Gasteiger partial charge in [0.1, 0.15) is 0 Å². The van der Waals surface area contributed by atoms with Gasteiger partial charge in [0, 0.05) is 19.5 Å². The molecule has 0 aromatic heterocycles. The van der Waals surface area contributed by atoms with Crippen molar-refractivity contribution in [3.63, 3.8) is 0 Å². The van der Waals surface area contributed by atoms with Gasteiger partial charge in [0.2, 0.25) is 5.91 Å². The molecule has 0 aliphatic carbocycles. The second kappa shape index (κ2) is 10.1. The Bertz CT molecular complexity index is 532. The number of amides is 1. The number of nitrogens with zero attached hydrogens (tertiary/aromatic N) is 1. The third-order valence-corrected chi connectivity index (χ3v) is 3.88. The predicted octanol–water partition coefficient (Wildman–Crippen LogP) is 2.60. The van der Waals surface area contributed by atoms with Gasteiger partial charge in [0.15, 0.2) is 0 Å². The van der Waals surface area contributed by atoms with Crippen molar-refractivity contribution in [1.29, 1.82) is 0 Å². The summed E-state index contributed by atoms with van der Waals surface area (Å²) in [4.78, 5) is 14.1. The van der Waals surface area contributed by atoms with Crippen LogP contribution in [0.4, 0.5) is 8.78 Å². The van der Waals surface area contributed by atoms with Crippen LogP contribution in [0.25, 0.3) is 0 Å². The zero-order valence-corrected chi connectivity index (χ0v) is 15.5. The lowest BCUT2D eigenvalue weighted by atomic mass is 10.1. The number of hydrogen-bond donors (Lipinski definition) is 2. The first-order valence-electron chi connectivity index (χ1n) is 7.55. The zero-order chi connectivity index (χ0) is 16.2. The first-order chi connectivity index (χ1) is 10.4. The average Bonchev–Trinajstić information content (AvgIpc) is 2.85. The molecule has 4 nitrogen and oxygen atoms in total. The van der Waals surface area contributed by atoms with Gasteiger partial charge < -0.3 is 10.2 Å². The maximum absolute atomic E-state index is 13.1. The van der Waals surface area contributed by atoms with Crippen molar-refractivity contribution in [2.45, 2.75) is 38.4 Å². The summed E-state index contributed by atoms with van der Waals surface area (Å²) in [5.74, 6) is -3.15. The van der Waals surface area contributed by atoms with Crippen LogP contribution in [-0.4, -0.2) is 42.9 Å². The third-order valence-electron chi connectivity index (χ3n) is 3.88. The normalized spacial score (nSPS) is 18.6. The molecule has 0 bridgehead atoms. The van der Waals surface area contributed by atoms with Crippen molar-refractivity contribution >= 4 is 30.7 Å². The maximum atomic E-state index is 13.1. The van der Waals surface area contributed by atoms with Crippen LogP contribution >= 0.6 is 24.8 Å². The molecule has 1 amide bonds. The highest BCUT2D eigenvalue weighted by atomic mass is 35.5. The Morgan fingerprint density at radius 1 is 1.38 bits per heavy atom. The molecule has 0 radical (unpaired) electrons. The zero-order valence-electron chi connectivity index (χ0n) is 13.9. The van der Waals surface area contributed by atoms with Gasteiger partial charge in [-0.15, -0.1) is 24.8 Å². The van der Waals surface area contributed by atoms with Gasteiger partial charge in [-0.1, -0.05) is 31.2 Å². The summed E-state index contributed by atoms with van der Waals surface area (Å²) in [6.07, 6.45) is -0.430. The summed E-state index contributed by atoms with van der Waals surface area (Å²) in [6.45, 7) is 3.82. The van der Waals surface area contributed by atoms with Crippen molar-refractivity contribution in [1.82, 2.24) is 15.5 Å². The van der Waals surface area contributed by atoms with Crippen LogP contribution in [0.5, 0.6) is 0 Å². The Kier molecular flexibility index (Phi) is 9.73. The SMILES string of the molecule is CCN(C)Cc1cccc(CNC(=O)C2CC(F)(F)CN2)c1.Cl.Cl. The predicted molar refractivity (Wildman–Crippen MR) is 96.1 cm³/mol. The molecule has 1 unspecified atom stereocenters. The lowest BCUT2D eigenvalue weighted by Crippen LogP contribution is -2.40. The van der Waals surface area contributed by atoms with Crippen molar-refractivity contribution < 1.29 is 13.6 Å². The van der Waals surface area contributed by atoms with Gasteiger partial charge in [0.05, 0.1) is 12.6 Å². The summed E-state index contributed by atoms with van der Waals surface area (Å²) in [6, 6.07) is 7.14. The van der Waals surface area contributed by atoms with Gasteiger partial charge in [-0.2, -0.15) is 0 Å². The number of benzene rings is 1. The van der Waals surface area contributed by atoms with Crippen LogP contribution in [0.1, 0.15) is 24.5 Å². The molecule has 1 fully saturated rings. The van der Waals surface area contributed by atoms with E-state index in [1.807, 2.05) is 31.3 Å². The average molecular weight is 384 g/mol. The Morgan fingerprint density at radius 2 is 2.04 bits per heavy atom. The fourth-order valence-corrected chi connectivity index (χ4v) is 2.47. The highest BCUT2D eigenvalue weighted by Gasteiger charge is 2.42. The van der Waals surface area contributed by atoms with E-state index < -0.39 is 24.9 Å². The maximum Gasteiger partial charge on any atom is 0.262 e. The minimum atomic E-state index is -2.79. The van der Waals surface area contributed by atoms with Crippen molar-refractivity contribution in [2.24, 2.45) is 0 Å². The molecule has 1 aliphatic rings. The van der Waals surface area contributed by atoms with Gasteiger partial charge in [0.25, 0.3) is 5.92 Å². The minimum absolute atomic E-state index is 0.